The zero-order valence-corrected chi connectivity index (χ0v) is 14.2. The third-order valence-corrected chi connectivity index (χ3v) is 2.91. The summed E-state index contributed by atoms with van der Waals surface area (Å²) < 4.78 is 10.4. The van der Waals surface area contributed by atoms with Crippen LogP contribution in [0.3, 0.4) is 0 Å². The van der Waals surface area contributed by atoms with Crippen LogP contribution < -0.4 is 0 Å². The van der Waals surface area contributed by atoms with Crippen molar-refractivity contribution in [2.45, 2.75) is 0 Å². The van der Waals surface area contributed by atoms with Gasteiger partial charge < -0.3 is 29.9 Å². The van der Waals surface area contributed by atoms with Crippen molar-refractivity contribution in [1.82, 2.24) is 9.80 Å². The van der Waals surface area contributed by atoms with E-state index in [2.05, 4.69) is 0 Å². The fourth-order valence-corrected chi connectivity index (χ4v) is 1.90. The molecule has 152 valence electrons. The summed E-state index contributed by atoms with van der Waals surface area (Å²) in [5, 5.41) is 34.7. The second-order valence-electron chi connectivity index (χ2n) is 5.22. The Morgan fingerprint density at radius 3 is 1.04 bits per heavy atom. The van der Waals surface area contributed by atoms with Gasteiger partial charge in [0.15, 0.2) is 0 Å². The fourth-order valence-electron chi connectivity index (χ4n) is 1.90. The third kappa shape index (κ3) is 19.3. The van der Waals surface area contributed by atoms with Gasteiger partial charge in [-0.15, -0.1) is 0 Å². The van der Waals surface area contributed by atoms with Gasteiger partial charge in [-0.1, -0.05) is 0 Å². The summed E-state index contributed by atoms with van der Waals surface area (Å²) in [6, 6.07) is 0. The first-order chi connectivity index (χ1) is 12.2. The summed E-state index contributed by atoms with van der Waals surface area (Å²) in [5.41, 5.74) is 0. The van der Waals surface area contributed by atoms with Crippen molar-refractivity contribution in [1.29, 1.82) is 0 Å². The second kappa shape index (κ2) is 16.9. The number of ether oxygens (including phenoxy) is 2. The van der Waals surface area contributed by atoms with Crippen LogP contribution >= 0.6 is 0 Å². The molecule has 0 fully saturated rings. The Bertz CT molecular complexity index is 403. The molecule has 0 saturated heterocycles. The molecule has 0 unspecified atom stereocenters. The van der Waals surface area contributed by atoms with E-state index in [1.807, 2.05) is 0 Å². The van der Waals surface area contributed by atoms with Crippen molar-refractivity contribution in [3.05, 3.63) is 0 Å². The van der Waals surface area contributed by atoms with E-state index in [0.717, 1.165) is 0 Å². The molecule has 0 aromatic carbocycles. The monoisotopic (exact) mass is 404 g/mol. The van der Waals surface area contributed by atoms with E-state index in [1.165, 1.54) is 9.80 Å². The number of carbonyl (C=O) groups is 4. The summed E-state index contributed by atoms with van der Waals surface area (Å²) >= 11 is 0. The number of carboxylic acids is 4. The van der Waals surface area contributed by atoms with Gasteiger partial charge in [0.2, 0.25) is 0 Å². The van der Waals surface area contributed by atoms with Gasteiger partial charge in [-0.3, -0.25) is 29.0 Å². The van der Waals surface area contributed by atoms with Gasteiger partial charge in [0, 0.05) is 13.1 Å². The molecule has 0 spiro atoms. The quantitative estimate of drug-likeness (QED) is 0.146. The topological polar surface area (TPSA) is 174 Å². The van der Waals surface area contributed by atoms with E-state index >= 15 is 0 Å². The SMILES string of the molecule is O=C(O)CN(CCOCCOCCN(CC(=O)O)CC(=O)O)CC(=O)O.[NaH]. The predicted octanol–water partition coefficient (Wildman–Crippen LogP) is -2.69. The summed E-state index contributed by atoms with van der Waals surface area (Å²) in [6.07, 6.45) is 0. The maximum atomic E-state index is 10.6. The first kappa shape index (κ1) is 27.9. The van der Waals surface area contributed by atoms with E-state index < -0.39 is 50.1 Å². The van der Waals surface area contributed by atoms with Crippen LogP contribution in [0.15, 0.2) is 0 Å². The zero-order chi connectivity index (χ0) is 19.9. The molecule has 0 saturated carbocycles. The van der Waals surface area contributed by atoms with Gasteiger partial charge in [-0.05, 0) is 0 Å². The summed E-state index contributed by atoms with van der Waals surface area (Å²) in [5.74, 6) is -4.55. The van der Waals surface area contributed by atoms with Gasteiger partial charge in [-0.25, -0.2) is 0 Å². The molecule has 0 heterocycles. The number of hydrogen-bond donors (Lipinski definition) is 4. The molecule has 0 aromatic heterocycles. The van der Waals surface area contributed by atoms with Crippen LogP contribution in [0.2, 0.25) is 0 Å². The second-order valence-corrected chi connectivity index (χ2v) is 5.22. The first-order valence-electron chi connectivity index (χ1n) is 7.68. The molecule has 0 radical (unpaired) electrons. The van der Waals surface area contributed by atoms with Crippen LogP contribution in [0.5, 0.6) is 0 Å². The molecule has 0 rings (SSSR count). The van der Waals surface area contributed by atoms with Gasteiger partial charge >= 0.3 is 53.4 Å². The molecule has 4 N–H and O–H groups in total. The molecule has 0 aliphatic carbocycles. The van der Waals surface area contributed by atoms with E-state index in [0.29, 0.717) is 0 Å². The molecule has 0 amide bonds. The predicted molar refractivity (Wildman–Crippen MR) is 92.2 cm³/mol. The third-order valence-electron chi connectivity index (χ3n) is 2.91. The van der Waals surface area contributed by atoms with Crippen LogP contribution in [-0.2, 0) is 28.7 Å². The molecular weight excluding hydrogens is 379 g/mol. The zero-order valence-electron chi connectivity index (χ0n) is 14.2. The van der Waals surface area contributed by atoms with Crippen molar-refractivity contribution in [3.63, 3.8) is 0 Å². The van der Waals surface area contributed by atoms with Crippen molar-refractivity contribution in [2.24, 2.45) is 0 Å². The van der Waals surface area contributed by atoms with E-state index in [4.69, 9.17) is 29.9 Å². The average molecular weight is 404 g/mol. The van der Waals surface area contributed by atoms with Crippen molar-refractivity contribution < 1.29 is 49.1 Å². The van der Waals surface area contributed by atoms with E-state index in [9.17, 15) is 19.2 Å². The molecule has 0 aromatic rings. The van der Waals surface area contributed by atoms with Gasteiger partial charge in [0.1, 0.15) is 0 Å². The maximum absolute atomic E-state index is 10.6. The first-order valence-corrected chi connectivity index (χ1v) is 7.68. The molecule has 0 bridgehead atoms. The number of nitrogens with zero attached hydrogens (tertiary/aromatic N) is 2. The Morgan fingerprint density at radius 2 is 0.815 bits per heavy atom. The Kier molecular flexibility index (Phi) is 17.4. The number of hydrogen-bond acceptors (Lipinski definition) is 8. The van der Waals surface area contributed by atoms with Gasteiger partial charge in [-0.2, -0.15) is 0 Å². The van der Waals surface area contributed by atoms with Crippen molar-refractivity contribution in [3.8, 4) is 0 Å². The van der Waals surface area contributed by atoms with Crippen LogP contribution in [0.1, 0.15) is 0 Å². The molecule has 27 heavy (non-hydrogen) atoms. The molecular formula is C14H25N2NaO10. The fraction of sp³-hybridized carbons (Fsp3) is 0.714. The Labute approximate surface area is 177 Å². The minimum atomic E-state index is -1.14. The number of carboxylic acid groups (broad SMARTS) is 4. The van der Waals surface area contributed by atoms with E-state index in [-0.39, 0.29) is 69.1 Å². The molecule has 12 nitrogen and oxygen atoms in total. The molecule has 0 aliphatic rings. The van der Waals surface area contributed by atoms with Crippen molar-refractivity contribution in [2.75, 3.05) is 65.7 Å². The molecule has 0 atom stereocenters. The molecule has 0 aliphatic heterocycles. The number of rotatable bonds is 17. The van der Waals surface area contributed by atoms with Crippen LogP contribution in [0.4, 0.5) is 0 Å². The van der Waals surface area contributed by atoms with Gasteiger partial charge in [0.25, 0.3) is 0 Å². The minimum absolute atomic E-state index is 0. The average Bonchev–Trinajstić information content (AvgIpc) is 2.47. The van der Waals surface area contributed by atoms with E-state index in [1.54, 1.807) is 0 Å². The Hall–Kier alpha value is -1.28. The van der Waals surface area contributed by atoms with Crippen LogP contribution in [0.25, 0.3) is 0 Å². The standard InChI is InChI=1S/C14H24N2O10.Na.H/c17-11(18)7-15(8-12(19)20)1-3-25-5-6-26-4-2-16(9-13(21)22)10-14(23)24;;/h1-10H2,(H,17,18)(H,19,20)(H,21,22)(H,23,24);;. The molecule has 13 heteroatoms. The van der Waals surface area contributed by atoms with Gasteiger partial charge in [0.05, 0.1) is 52.6 Å². The van der Waals surface area contributed by atoms with Crippen molar-refractivity contribution >= 4 is 53.4 Å². The summed E-state index contributed by atoms with van der Waals surface area (Å²) in [7, 11) is 0. The van der Waals surface area contributed by atoms with Crippen LogP contribution in [0, 0.1) is 0 Å². The summed E-state index contributed by atoms with van der Waals surface area (Å²) in [6.45, 7) is -0.790. The number of aliphatic carboxylic acids is 4. The Morgan fingerprint density at radius 1 is 0.556 bits per heavy atom. The summed E-state index contributed by atoms with van der Waals surface area (Å²) in [4.78, 5) is 44.9. The Balaban J connectivity index is 0. The normalized spacial score (nSPS) is 10.6. The van der Waals surface area contributed by atoms with Crippen LogP contribution in [-0.4, -0.2) is 149 Å².